The summed E-state index contributed by atoms with van der Waals surface area (Å²) in [4.78, 5) is 26.0. The largest absolute Gasteiger partial charge is 0.459 e. The lowest BCUT2D eigenvalue weighted by Gasteiger charge is -2.40. The third-order valence-corrected chi connectivity index (χ3v) is 4.25. The maximum Gasteiger partial charge on any atom is 0.410 e. The second-order valence-electron chi connectivity index (χ2n) is 8.04. The minimum atomic E-state index is -0.498. The molecular weight excluding hydrogens is 282 g/mol. The van der Waals surface area contributed by atoms with Crippen molar-refractivity contribution in [3.63, 3.8) is 0 Å². The lowest BCUT2D eigenvalue weighted by Crippen LogP contribution is -2.49. The van der Waals surface area contributed by atoms with Crippen molar-refractivity contribution in [2.45, 2.75) is 78.9 Å². The first-order valence-corrected chi connectivity index (χ1v) is 8.10. The van der Waals surface area contributed by atoms with Crippen LogP contribution in [0.3, 0.4) is 0 Å². The minimum Gasteiger partial charge on any atom is -0.459 e. The first kappa shape index (κ1) is 18.8. The Morgan fingerprint density at radius 1 is 1.09 bits per heavy atom. The fourth-order valence-electron chi connectivity index (χ4n) is 2.10. The predicted octanol–water partition coefficient (Wildman–Crippen LogP) is 3.76. The van der Waals surface area contributed by atoms with E-state index in [1.165, 1.54) is 0 Å². The van der Waals surface area contributed by atoms with E-state index in [1.807, 2.05) is 48.5 Å². The average molecular weight is 313 g/mol. The summed E-state index contributed by atoms with van der Waals surface area (Å²) in [7, 11) is 0. The third-order valence-electron chi connectivity index (χ3n) is 4.25. The maximum absolute atomic E-state index is 12.2. The molecule has 1 saturated heterocycles. The molecule has 0 aromatic carbocycles. The Bertz CT molecular complexity index is 415. The summed E-state index contributed by atoms with van der Waals surface area (Å²) in [6.45, 7) is 14.4. The van der Waals surface area contributed by atoms with Crippen LogP contribution in [-0.2, 0) is 14.3 Å². The zero-order valence-corrected chi connectivity index (χ0v) is 15.1. The van der Waals surface area contributed by atoms with E-state index in [9.17, 15) is 9.59 Å². The van der Waals surface area contributed by atoms with Gasteiger partial charge in [-0.15, -0.1) is 0 Å². The molecule has 128 valence electrons. The molecule has 0 aromatic heterocycles. The van der Waals surface area contributed by atoms with Gasteiger partial charge < -0.3 is 14.4 Å². The lowest BCUT2D eigenvalue weighted by molar-refractivity contribution is -0.173. The van der Waals surface area contributed by atoms with Gasteiger partial charge in [-0.05, 0) is 48.0 Å². The van der Waals surface area contributed by atoms with Gasteiger partial charge in [0, 0.05) is 25.9 Å². The number of esters is 1. The van der Waals surface area contributed by atoms with Gasteiger partial charge in [0.2, 0.25) is 0 Å². The molecule has 5 heteroatoms. The monoisotopic (exact) mass is 313 g/mol. The molecule has 0 aromatic rings. The zero-order valence-electron chi connectivity index (χ0n) is 15.1. The van der Waals surface area contributed by atoms with Crippen LogP contribution >= 0.6 is 0 Å². The van der Waals surface area contributed by atoms with Crippen molar-refractivity contribution in [3.05, 3.63) is 0 Å². The molecular formula is C17H31NO4. The Balaban J connectivity index is 2.57. The normalized spacial score (nSPS) is 18.8. The summed E-state index contributed by atoms with van der Waals surface area (Å²) in [5, 5.41) is 0. The predicted molar refractivity (Wildman–Crippen MR) is 85.6 cm³/mol. The minimum absolute atomic E-state index is 0.164. The number of carbonyl (C=O) groups excluding carboxylic acids is 2. The van der Waals surface area contributed by atoms with Crippen molar-refractivity contribution in [2.24, 2.45) is 5.41 Å². The first-order valence-electron chi connectivity index (χ1n) is 8.10. The highest BCUT2D eigenvalue weighted by Gasteiger charge is 2.39. The molecule has 0 N–H and O–H groups in total. The summed E-state index contributed by atoms with van der Waals surface area (Å²) < 4.78 is 11.1. The number of hydrogen-bond acceptors (Lipinski definition) is 4. The van der Waals surface area contributed by atoms with Gasteiger partial charge in [-0.25, -0.2) is 4.79 Å². The topological polar surface area (TPSA) is 55.8 Å². The smallest absolute Gasteiger partial charge is 0.410 e. The summed E-state index contributed by atoms with van der Waals surface area (Å²) in [5.74, 6) is -0.164. The molecule has 1 heterocycles. The van der Waals surface area contributed by atoms with Crippen molar-refractivity contribution < 1.29 is 19.1 Å². The van der Waals surface area contributed by atoms with E-state index in [0.29, 0.717) is 25.9 Å². The van der Waals surface area contributed by atoms with Gasteiger partial charge in [0.15, 0.2) is 0 Å². The van der Waals surface area contributed by atoms with Crippen LogP contribution in [0, 0.1) is 5.41 Å². The van der Waals surface area contributed by atoms with Crippen LogP contribution in [0.25, 0.3) is 0 Å². The van der Waals surface area contributed by atoms with Gasteiger partial charge >= 0.3 is 12.1 Å². The van der Waals surface area contributed by atoms with Gasteiger partial charge in [0.25, 0.3) is 0 Å². The van der Waals surface area contributed by atoms with E-state index in [4.69, 9.17) is 9.47 Å². The van der Waals surface area contributed by atoms with E-state index in [2.05, 4.69) is 0 Å². The number of nitrogens with zero attached hydrogens (tertiary/aromatic N) is 1. The molecule has 1 aliphatic heterocycles. The molecule has 0 saturated carbocycles. The van der Waals surface area contributed by atoms with Crippen LogP contribution in [0.2, 0.25) is 0 Å². The van der Waals surface area contributed by atoms with Crippen molar-refractivity contribution in [1.82, 2.24) is 4.90 Å². The average Bonchev–Trinajstić information content (AvgIpc) is 2.36. The van der Waals surface area contributed by atoms with Crippen LogP contribution in [0.15, 0.2) is 0 Å². The van der Waals surface area contributed by atoms with Gasteiger partial charge in [-0.2, -0.15) is 0 Å². The Hall–Kier alpha value is -1.26. The number of rotatable bonds is 3. The molecule has 1 rings (SSSR count). The molecule has 0 bridgehead atoms. The number of likely N-dealkylation sites (tertiary alicyclic amines) is 1. The quantitative estimate of drug-likeness (QED) is 0.745. The van der Waals surface area contributed by atoms with E-state index < -0.39 is 16.6 Å². The van der Waals surface area contributed by atoms with Crippen LogP contribution in [-0.4, -0.2) is 41.3 Å². The van der Waals surface area contributed by atoms with Gasteiger partial charge in [0.1, 0.15) is 11.2 Å². The summed E-state index contributed by atoms with van der Waals surface area (Å²) in [6.07, 6.45) is 1.72. The molecule has 1 amide bonds. The molecule has 0 atom stereocenters. The molecule has 0 unspecified atom stereocenters. The second-order valence-corrected chi connectivity index (χ2v) is 8.04. The van der Waals surface area contributed by atoms with E-state index in [0.717, 1.165) is 6.42 Å². The lowest BCUT2D eigenvalue weighted by atomic mass is 9.88. The number of carbonyl (C=O) groups is 2. The van der Waals surface area contributed by atoms with Crippen molar-refractivity contribution in [1.29, 1.82) is 0 Å². The first-order chi connectivity index (χ1) is 9.88. The standard InChI is InChI=1S/C17H31NO4/c1-8-16(5,6)13(19)21-17(7)9-11-18(12-10-17)14(20)22-15(2,3)4/h8-12H2,1-7H3. The zero-order chi connectivity index (χ0) is 17.2. The van der Waals surface area contributed by atoms with Crippen LogP contribution in [0.5, 0.6) is 0 Å². The highest BCUT2D eigenvalue weighted by molar-refractivity contribution is 5.76. The van der Waals surface area contributed by atoms with Crippen molar-refractivity contribution in [2.75, 3.05) is 13.1 Å². The Kier molecular flexibility index (Phi) is 5.52. The molecule has 0 radical (unpaired) electrons. The summed E-state index contributed by atoms with van der Waals surface area (Å²) in [6, 6.07) is 0. The SMILES string of the molecule is CCC(C)(C)C(=O)OC1(C)CCN(C(=O)OC(C)(C)C)CC1. The molecule has 22 heavy (non-hydrogen) atoms. The fraction of sp³-hybridized carbons (Fsp3) is 0.882. The molecule has 0 aliphatic carbocycles. The number of hydrogen-bond donors (Lipinski definition) is 0. The highest BCUT2D eigenvalue weighted by atomic mass is 16.6. The number of amides is 1. The Morgan fingerprint density at radius 2 is 1.59 bits per heavy atom. The highest BCUT2D eigenvalue weighted by Crippen LogP contribution is 2.31. The van der Waals surface area contributed by atoms with Gasteiger partial charge in [0.05, 0.1) is 5.41 Å². The summed E-state index contributed by atoms with van der Waals surface area (Å²) in [5.41, 5.74) is -1.46. The van der Waals surface area contributed by atoms with Gasteiger partial charge in [-0.1, -0.05) is 6.92 Å². The van der Waals surface area contributed by atoms with Gasteiger partial charge in [-0.3, -0.25) is 4.79 Å². The number of ether oxygens (including phenoxy) is 2. The van der Waals surface area contributed by atoms with Crippen LogP contribution < -0.4 is 0 Å². The molecule has 0 spiro atoms. The molecule has 1 aliphatic rings. The van der Waals surface area contributed by atoms with Crippen LogP contribution in [0.1, 0.15) is 67.7 Å². The molecule has 5 nitrogen and oxygen atoms in total. The number of piperidine rings is 1. The maximum atomic E-state index is 12.2. The van der Waals surface area contributed by atoms with Crippen molar-refractivity contribution in [3.8, 4) is 0 Å². The van der Waals surface area contributed by atoms with Crippen LogP contribution in [0.4, 0.5) is 4.79 Å². The summed E-state index contributed by atoms with van der Waals surface area (Å²) >= 11 is 0. The molecule has 1 fully saturated rings. The van der Waals surface area contributed by atoms with E-state index in [-0.39, 0.29) is 12.1 Å². The Labute approximate surface area is 134 Å². The third kappa shape index (κ3) is 5.18. The van der Waals surface area contributed by atoms with E-state index >= 15 is 0 Å². The van der Waals surface area contributed by atoms with Crippen molar-refractivity contribution >= 4 is 12.1 Å². The fourth-order valence-corrected chi connectivity index (χ4v) is 2.10. The Morgan fingerprint density at radius 3 is 2.00 bits per heavy atom. The van der Waals surface area contributed by atoms with E-state index in [1.54, 1.807) is 4.90 Å². The second kappa shape index (κ2) is 6.47.